The summed E-state index contributed by atoms with van der Waals surface area (Å²) in [5.41, 5.74) is 3.57. The molecule has 0 saturated heterocycles. The van der Waals surface area contributed by atoms with E-state index in [0.717, 1.165) is 27.0 Å². The number of halogens is 1. The molecule has 30 heavy (non-hydrogen) atoms. The molecule has 0 unspecified atom stereocenters. The number of rotatable bonds is 2. The molecule has 1 aliphatic heterocycles. The lowest BCUT2D eigenvalue weighted by atomic mass is 10.0. The number of hydrogen-bond acceptors (Lipinski definition) is 3. The number of nitrogens with zero attached hydrogens (tertiary/aromatic N) is 3. The van der Waals surface area contributed by atoms with E-state index in [0.29, 0.717) is 24.1 Å². The van der Waals surface area contributed by atoms with Gasteiger partial charge in [-0.2, -0.15) is 0 Å². The number of aromatic nitrogens is 3. The van der Waals surface area contributed by atoms with Crippen LogP contribution in [0.3, 0.4) is 0 Å². The Kier molecular flexibility index (Phi) is 4.52. The first-order chi connectivity index (χ1) is 14.5. The molecule has 0 N–H and O–H groups in total. The molecule has 2 aromatic heterocycles. The lowest BCUT2D eigenvalue weighted by molar-refractivity contribution is 0.0478. The molecule has 1 aliphatic rings. The van der Waals surface area contributed by atoms with Gasteiger partial charge in [0.25, 0.3) is 5.56 Å². The van der Waals surface area contributed by atoms with Gasteiger partial charge in [0.05, 0.1) is 28.9 Å². The van der Waals surface area contributed by atoms with Crippen LogP contribution in [0, 0.1) is 0 Å². The topological polar surface area (TPSA) is 58.2 Å². The van der Waals surface area contributed by atoms with Crippen molar-refractivity contribution in [2.45, 2.75) is 12.6 Å². The van der Waals surface area contributed by atoms with Crippen LogP contribution in [0.1, 0.15) is 17.4 Å². The summed E-state index contributed by atoms with van der Waals surface area (Å²) >= 11 is 3.54. The summed E-state index contributed by atoms with van der Waals surface area (Å²) in [6.45, 7) is 1.12. The highest BCUT2D eigenvalue weighted by atomic mass is 79.9. The standard InChI is InChI=1S/C23H20BrN3O3/c1-25-19-17(22(28)26(2)23(25)29)18(15-9-6-10-16(24)13-15)27-11-12-30-21(20(19)27)14-7-4-3-5-8-14/h3-10,13,21H,11-12H2,1-2H3/t21-/m1/s1. The van der Waals surface area contributed by atoms with Crippen LogP contribution in [0.4, 0.5) is 0 Å². The monoisotopic (exact) mass is 465 g/mol. The van der Waals surface area contributed by atoms with Gasteiger partial charge in [-0.05, 0) is 17.7 Å². The molecule has 0 bridgehead atoms. The Morgan fingerprint density at radius 1 is 1.00 bits per heavy atom. The van der Waals surface area contributed by atoms with E-state index in [4.69, 9.17) is 4.74 Å². The lowest BCUT2D eigenvalue weighted by Gasteiger charge is -2.27. The lowest BCUT2D eigenvalue weighted by Crippen LogP contribution is -2.37. The van der Waals surface area contributed by atoms with Crippen molar-refractivity contribution in [3.8, 4) is 11.3 Å². The molecule has 152 valence electrons. The fourth-order valence-corrected chi connectivity index (χ4v) is 4.80. The summed E-state index contributed by atoms with van der Waals surface area (Å²) in [6.07, 6.45) is -0.360. The summed E-state index contributed by atoms with van der Waals surface area (Å²) in [5, 5.41) is 0.541. The summed E-state index contributed by atoms with van der Waals surface area (Å²) < 4.78 is 12.0. The maximum atomic E-state index is 13.3. The van der Waals surface area contributed by atoms with E-state index in [2.05, 4.69) is 20.5 Å². The molecule has 0 spiro atoms. The minimum absolute atomic E-state index is 0.295. The summed E-state index contributed by atoms with van der Waals surface area (Å²) in [5.74, 6) is 0. The molecule has 0 saturated carbocycles. The third-order valence-corrected chi connectivity index (χ3v) is 6.25. The number of ether oxygens (including phenoxy) is 1. The van der Waals surface area contributed by atoms with Crippen molar-refractivity contribution in [3.05, 3.63) is 91.2 Å². The van der Waals surface area contributed by atoms with E-state index in [1.54, 1.807) is 11.6 Å². The summed E-state index contributed by atoms with van der Waals surface area (Å²) in [7, 11) is 3.24. The molecule has 4 aromatic rings. The molecule has 3 heterocycles. The molecule has 7 heteroatoms. The highest BCUT2D eigenvalue weighted by molar-refractivity contribution is 9.10. The zero-order chi connectivity index (χ0) is 21.0. The molecule has 0 aliphatic carbocycles. The van der Waals surface area contributed by atoms with Crippen molar-refractivity contribution in [2.24, 2.45) is 14.1 Å². The molecule has 0 amide bonds. The van der Waals surface area contributed by atoms with Crippen LogP contribution in [0.5, 0.6) is 0 Å². The van der Waals surface area contributed by atoms with Gasteiger partial charge in [0.15, 0.2) is 0 Å². The van der Waals surface area contributed by atoms with Gasteiger partial charge in [0.1, 0.15) is 6.10 Å². The van der Waals surface area contributed by atoms with Crippen molar-refractivity contribution in [3.63, 3.8) is 0 Å². The highest BCUT2D eigenvalue weighted by Gasteiger charge is 2.32. The third kappa shape index (κ3) is 2.73. The Bertz CT molecular complexity index is 1400. The maximum Gasteiger partial charge on any atom is 0.331 e. The molecule has 6 nitrogen and oxygen atoms in total. The summed E-state index contributed by atoms with van der Waals surface area (Å²) in [4.78, 5) is 26.1. The van der Waals surface area contributed by atoms with E-state index < -0.39 is 0 Å². The van der Waals surface area contributed by atoms with Gasteiger partial charge in [0.2, 0.25) is 0 Å². The normalized spacial score (nSPS) is 16.0. The van der Waals surface area contributed by atoms with E-state index in [1.165, 1.54) is 11.6 Å². The first kappa shape index (κ1) is 19.1. The van der Waals surface area contributed by atoms with Crippen LogP contribution < -0.4 is 11.2 Å². The van der Waals surface area contributed by atoms with Crippen LogP contribution in [0.2, 0.25) is 0 Å². The van der Waals surface area contributed by atoms with Crippen molar-refractivity contribution in [1.29, 1.82) is 0 Å². The second-order valence-electron chi connectivity index (χ2n) is 7.49. The second-order valence-corrected chi connectivity index (χ2v) is 8.40. The van der Waals surface area contributed by atoms with Gasteiger partial charge < -0.3 is 9.30 Å². The Balaban J connectivity index is 1.97. The Morgan fingerprint density at radius 3 is 2.50 bits per heavy atom. The number of fused-ring (bicyclic) bond motifs is 3. The Hall–Kier alpha value is -2.90. The fraction of sp³-hybridized carbons (Fsp3) is 0.217. The van der Waals surface area contributed by atoms with Crippen molar-refractivity contribution in [1.82, 2.24) is 13.7 Å². The zero-order valence-electron chi connectivity index (χ0n) is 16.6. The van der Waals surface area contributed by atoms with Gasteiger partial charge in [-0.25, -0.2) is 4.79 Å². The summed E-state index contributed by atoms with van der Waals surface area (Å²) in [6, 6.07) is 17.8. The van der Waals surface area contributed by atoms with E-state index in [-0.39, 0.29) is 17.4 Å². The zero-order valence-corrected chi connectivity index (χ0v) is 18.2. The van der Waals surface area contributed by atoms with E-state index >= 15 is 0 Å². The molecule has 1 atom stereocenters. The molecule has 0 radical (unpaired) electrons. The van der Waals surface area contributed by atoms with Gasteiger partial charge in [-0.3, -0.25) is 13.9 Å². The predicted molar refractivity (Wildman–Crippen MR) is 120 cm³/mol. The van der Waals surface area contributed by atoms with E-state index in [9.17, 15) is 9.59 Å². The Morgan fingerprint density at radius 2 is 1.77 bits per heavy atom. The van der Waals surface area contributed by atoms with E-state index in [1.807, 2.05) is 54.6 Å². The van der Waals surface area contributed by atoms with Crippen LogP contribution in [0.25, 0.3) is 22.2 Å². The smallest absolute Gasteiger partial charge is 0.331 e. The van der Waals surface area contributed by atoms with Crippen molar-refractivity contribution < 1.29 is 4.74 Å². The largest absolute Gasteiger partial charge is 0.365 e. The van der Waals surface area contributed by atoms with Gasteiger partial charge in [0, 0.05) is 30.7 Å². The minimum Gasteiger partial charge on any atom is -0.365 e. The van der Waals surface area contributed by atoms with Gasteiger partial charge >= 0.3 is 5.69 Å². The molecule has 2 aromatic carbocycles. The van der Waals surface area contributed by atoms with Crippen LogP contribution >= 0.6 is 15.9 Å². The maximum absolute atomic E-state index is 13.3. The first-order valence-electron chi connectivity index (χ1n) is 9.73. The fourth-order valence-electron chi connectivity index (χ4n) is 4.40. The minimum atomic E-state index is -0.360. The predicted octanol–water partition coefficient (Wildman–Crippen LogP) is 3.59. The van der Waals surface area contributed by atoms with Crippen molar-refractivity contribution >= 4 is 26.8 Å². The highest BCUT2D eigenvalue weighted by Crippen LogP contribution is 2.40. The number of aryl methyl sites for hydroxylation is 1. The average Bonchev–Trinajstić information content (AvgIpc) is 3.12. The van der Waals surface area contributed by atoms with Crippen LogP contribution in [-0.4, -0.2) is 20.3 Å². The second kappa shape index (κ2) is 7.11. The molecule has 5 rings (SSSR count). The average molecular weight is 466 g/mol. The van der Waals surface area contributed by atoms with Gasteiger partial charge in [-0.15, -0.1) is 0 Å². The SMILES string of the molecule is Cn1c(=O)c2c(-c3cccc(Br)c3)n3c(c2n(C)c1=O)[C@@H](c1ccccc1)OCC3. The molecular formula is C23H20BrN3O3. The molecular weight excluding hydrogens is 446 g/mol. The third-order valence-electron chi connectivity index (χ3n) is 5.75. The van der Waals surface area contributed by atoms with Crippen LogP contribution in [-0.2, 0) is 25.4 Å². The van der Waals surface area contributed by atoms with Crippen molar-refractivity contribution in [2.75, 3.05) is 6.61 Å². The quantitative estimate of drug-likeness (QED) is 0.454. The molecule has 0 fully saturated rings. The Labute approximate surface area is 181 Å². The van der Waals surface area contributed by atoms with Gasteiger partial charge in [-0.1, -0.05) is 58.4 Å². The van der Waals surface area contributed by atoms with Crippen LogP contribution in [0.15, 0.2) is 68.7 Å². The first-order valence-corrected chi connectivity index (χ1v) is 10.5. The number of hydrogen-bond donors (Lipinski definition) is 0. The number of benzene rings is 2.